The number of halogens is 1. The lowest BCUT2D eigenvalue weighted by atomic mass is 10.1. The van der Waals surface area contributed by atoms with E-state index in [0.29, 0.717) is 6.54 Å². The molecule has 4 N–H and O–H groups in total. The van der Waals surface area contributed by atoms with E-state index in [0.717, 1.165) is 30.3 Å². The Morgan fingerprint density at radius 1 is 1.18 bits per heavy atom. The summed E-state index contributed by atoms with van der Waals surface area (Å²) in [6.07, 6.45) is 3.02. The molecule has 0 saturated carbocycles. The highest BCUT2D eigenvalue weighted by molar-refractivity contribution is 9.10. The van der Waals surface area contributed by atoms with Gasteiger partial charge in [-0.25, -0.2) is 0 Å². The van der Waals surface area contributed by atoms with Gasteiger partial charge < -0.3 is 16.2 Å². The molecule has 0 aliphatic carbocycles. The van der Waals surface area contributed by atoms with Crippen molar-refractivity contribution in [1.82, 2.24) is 5.32 Å². The Hall–Kier alpha value is -0.420. The van der Waals surface area contributed by atoms with Gasteiger partial charge in [-0.2, -0.15) is 0 Å². The fourth-order valence-corrected chi connectivity index (χ4v) is 1.99. The number of benzene rings is 1. The van der Waals surface area contributed by atoms with E-state index in [2.05, 4.69) is 33.4 Å². The normalized spacial score (nSPS) is 12.6. The van der Waals surface area contributed by atoms with Crippen LogP contribution in [0.25, 0.3) is 0 Å². The molecule has 1 atom stereocenters. The molecule has 0 radical (unpaired) electrons. The summed E-state index contributed by atoms with van der Waals surface area (Å²) in [6.45, 7) is 1.83. The molecule has 0 heterocycles. The number of rotatable bonds is 8. The fraction of sp³-hybridized carbons (Fsp3) is 0.538. The second kappa shape index (κ2) is 8.64. The number of aliphatic hydroxyl groups is 1. The molecule has 96 valence electrons. The molecule has 1 aromatic rings. The number of unbranched alkanes of at least 4 members (excludes halogenated alkanes) is 2. The maximum atomic E-state index is 8.68. The molecule has 0 aromatic heterocycles. The first-order valence-electron chi connectivity index (χ1n) is 6.07. The molecule has 1 aromatic carbocycles. The van der Waals surface area contributed by atoms with Gasteiger partial charge in [0.1, 0.15) is 0 Å². The van der Waals surface area contributed by atoms with Gasteiger partial charge in [0, 0.05) is 23.7 Å². The minimum Gasteiger partial charge on any atom is -0.396 e. The molecule has 1 unspecified atom stereocenters. The molecule has 0 fully saturated rings. The van der Waals surface area contributed by atoms with E-state index in [9.17, 15) is 0 Å². The second-order valence-corrected chi connectivity index (χ2v) is 4.99. The SMILES string of the molecule is NCC(NCCCCCO)c1ccc(Br)cc1. The van der Waals surface area contributed by atoms with Gasteiger partial charge in [0.2, 0.25) is 0 Å². The summed E-state index contributed by atoms with van der Waals surface area (Å²) < 4.78 is 1.08. The molecule has 17 heavy (non-hydrogen) atoms. The summed E-state index contributed by atoms with van der Waals surface area (Å²) in [6, 6.07) is 8.46. The predicted molar refractivity (Wildman–Crippen MR) is 74.9 cm³/mol. The van der Waals surface area contributed by atoms with Crippen molar-refractivity contribution in [1.29, 1.82) is 0 Å². The molecule has 0 saturated heterocycles. The molecule has 0 bridgehead atoms. The van der Waals surface area contributed by atoms with Crippen molar-refractivity contribution in [3.8, 4) is 0 Å². The lowest BCUT2D eigenvalue weighted by Crippen LogP contribution is -2.29. The van der Waals surface area contributed by atoms with Crippen molar-refractivity contribution in [2.45, 2.75) is 25.3 Å². The highest BCUT2D eigenvalue weighted by Crippen LogP contribution is 2.16. The molecule has 4 heteroatoms. The standard InChI is InChI=1S/C13H21BrN2O/c14-12-6-4-11(5-7-12)13(10-15)16-8-2-1-3-9-17/h4-7,13,16-17H,1-3,8-10,15H2. The molecule has 3 nitrogen and oxygen atoms in total. The van der Waals surface area contributed by atoms with E-state index in [4.69, 9.17) is 10.8 Å². The summed E-state index contributed by atoms with van der Waals surface area (Å²) in [4.78, 5) is 0. The number of aliphatic hydroxyl groups excluding tert-OH is 1. The van der Waals surface area contributed by atoms with Gasteiger partial charge in [0.05, 0.1) is 0 Å². The quantitative estimate of drug-likeness (QED) is 0.645. The zero-order valence-electron chi connectivity index (χ0n) is 10.0. The van der Waals surface area contributed by atoms with Crippen molar-refractivity contribution < 1.29 is 5.11 Å². The van der Waals surface area contributed by atoms with E-state index in [1.807, 2.05) is 12.1 Å². The summed E-state index contributed by atoms with van der Waals surface area (Å²) >= 11 is 3.42. The van der Waals surface area contributed by atoms with Crippen LogP contribution >= 0.6 is 15.9 Å². The molecule has 0 amide bonds. The molecule has 0 aliphatic rings. The first-order valence-corrected chi connectivity index (χ1v) is 6.87. The van der Waals surface area contributed by atoms with Gasteiger partial charge in [0.25, 0.3) is 0 Å². The summed E-state index contributed by atoms with van der Waals surface area (Å²) in [5.41, 5.74) is 6.99. The summed E-state index contributed by atoms with van der Waals surface area (Å²) in [5, 5.41) is 12.1. The zero-order valence-corrected chi connectivity index (χ0v) is 11.6. The Balaban J connectivity index is 2.35. The van der Waals surface area contributed by atoms with Gasteiger partial charge in [-0.1, -0.05) is 28.1 Å². The number of nitrogens with two attached hydrogens (primary N) is 1. The monoisotopic (exact) mass is 300 g/mol. The van der Waals surface area contributed by atoms with E-state index in [-0.39, 0.29) is 12.6 Å². The van der Waals surface area contributed by atoms with E-state index in [1.54, 1.807) is 0 Å². The Labute approximate surface area is 112 Å². The van der Waals surface area contributed by atoms with Crippen molar-refractivity contribution in [2.24, 2.45) is 5.73 Å². The Bertz CT molecular complexity index is 303. The highest BCUT2D eigenvalue weighted by Gasteiger charge is 2.07. The first-order chi connectivity index (χ1) is 8.27. The number of nitrogens with one attached hydrogen (secondary N) is 1. The van der Waals surface area contributed by atoms with Crippen LogP contribution in [0.5, 0.6) is 0 Å². The zero-order chi connectivity index (χ0) is 12.5. The third-order valence-electron chi connectivity index (χ3n) is 2.73. The van der Waals surface area contributed by atoms with Crippen LogP contribution in [-0.4, -0.2) is 24.8 Å². The van der Waals surface area contributed by atoms with Gasteiger partial charge in [-0.05, 0) is 43.5 Å². The Kier molecular flexibility index (Phi) is 7.44. The van der Waals surface area contributed by atoms with E-state index < -0.39 is 0 Å². The van der Waals surface area contributed by atoms with Gasteiger partial charge >= 0.3 is 0 Å². The minimum atomic E-state index is 0.220. The van der Waals surface area contributed by atoms with Crippen LogP contribution in [0.3, 0.4) is 0 Å². The maximum Gasteiger partial charge on any atom is 0.0444 e. The van der Waals surface area contributed by atoms with Gasteiger partial charge in [-0.15, -0.1) is 0 Å². The van der Waals surface area contributed by atoms with Crippen molar-refractivity contribution in [2.75, 3.05) is 19.7 Å². The molecule has 0 aliphatic heterocycles. The van der Waals surface area contributed by atoms with Crippen molar-refractivity contribution >= 4 is 15.9 Å². The maximum absolute atomic E-state index is 8.68. The van der Waals surface area contributed by atoms with Crippen LogP contribution in [0.2, 0.25) is 0 Å². The molecular weight excluding hydrogens is 280 g/mol. The van der Waals surface area contributed by atoms with Crippen LogP contribution < -0.4 is 11.1 Å². The average molecular weight is 301 g/mol. The molecular formula is C13H21BrN2O. The van der Waals surface area contributed by atoms with Crippen LogP contribution in [-0.2, 0) is 0 Å². The van der Waals surface area contributed by atoms with E-state index >= 15 is 0 Å². The van der Waals surface area contributed by atoms with Crippen LogP contribution in [0, 0.1) is 0 Å². The van der Waals surface area contributed by atoms with Crippen molar-refractivity contribution in [3.63, 3.8) is 0 Å². The van der Waals surface area contributed by atoms with Gasteiger partial charge in [0.15, 0.2) is 0 Å². The molecule has 0 spiro atoms. The minimum absolute atomic E-state index is 0.220. The van der Waals surface area contributed by atoms with Crippen LogP contribution in [0.1, 0.15) is 30.9 Å². The van der Waals surface area contributed by atoms with Gasteiger partial charge in [-0.3, -0.25) is 0 Å². The largest absolute Gasteiger partial charge is 0.396 e. The van der Waals surface area contributed by atoms with Crippen molar-refractivity contribution in [3.05, 3.63) is 34.3 Å². The summed E-state index contributed by atoms with van der Waals surface area (Å²) in [7, 11) is 0. The third-order valence-corrected chi connectivity index (χ3v) is 3.26. The Morgan fingerprint density at radius 3 is 2.47 bits per heavy atom. The fourth-order valence-electron chi connectivity index (χ4n) is 1.72. The predicted octanol–water partition coefficient (Wildman–Crippen LogP) is 2.20. The first kappa shape index (κ1) is 14.6. The molecule has 1 rings (SSSR count). The lowest BCUT2D eigenvalue weighted by molar-refractivity contribution is 0.282. The van der Waals surface area contributed by atoms with Crippen LogP contribution in [0.4, 0.5) is 0 Å². The smallest absolute Gasteiger partial charge is 0.0444 e. The van der Waals surface area contributed by atoms with E-state index in [1.165, 1.54) is 5.56 Å². The van der Waals surface area contributed by atoms with Crippen LogP contribution in [0.15, 0.2) is 28.7 Å². The lowest BCUT2D eigenvalue weighted by Gasteiger charge is -2.17. The number of hydrogen-bond acceptors (Lipinski definition) is 3. The Morgan fingerprint density at radius 2 is 1.88 bits per heavy atom. The second-order valence-electron chi connectivity index (χ2n) is 4.08. The third kappa shape index (κ3) is 5.64. The summed E-state index contributed by atoms with van der Waals surface area (Å²) in [5.74, 6) is 0. The highest BCUT2D eigenvalue weighted by atomic mass is 79.9. The number of hydrogen-bond donors (Lipinski definition) is 3. The average Bonchev–Trinajstić information content (AvgIpc) is 2.35. The topological polar surface area (TPSA) is 58.3 Å².